The summed E-state index contributed by atoms with van der Waals surface area (Å²) in [5, 5.41) is 12.7. The number of fused-ring (bicyclic) bond motifs is 1. The van der Waals surface area contributed by atoms with E-state index in [0.717, 1.165) is 69.5 Å². The summed E-state index contributed by atoms with van der Waals surface area (Å²) in [7, 11) is 0. The number of ether oxygens (including phenoxy) is 1. The van der Waals surface area contributed by atoms with Crippen LogP contribution in [0.3, 0.4) is 0 Å². The van der Waals surface area contributed by atoms with Crippen molar-refractivity contribution in [3.63, 3.8) is 0 Å². The van der Waals surface area contributed by atoms with Gasteiger partial charge in [0, 0.05) is 25.5 Å². The largest absolute Gasteiger partial charge is 0.478 e. The first-order valence-electron chi connectivity index (χ1n) is 7.82. The third-order valence-corrected chi connectivity index (χ3v) is 4.43. The van der Waals surface area contributed by atoms with E-state index < -0.39 is 5.97 Å². The van der Waals surface area contributed by atoms with Crippen LogP contribution in [0.15, 0.2) is 6.07 Å². The van der Waals surface area contributed by atoms with Gasteiger partial charge < -0.3 is 15.2 Å². The molecule has 2 heterocycles. The second-order valence-corrected chi connectivity index (χ2v) is 5.94. The Labute approximate surface area is 124 Å². The minimum atomic E-state index is -0.898. The zero-order valence-electron chi connectivity index (χ0n) is 12.2. The maximum absolute atomic E-state index is 11.5. The molecule has 1 fully saturated rings. The number of aryl methyl sites for hydroxylation is 2. The number of aromatic nitrogens is 1. The van der Waals surface area contributed by atoms with Crippen molar-refractivity contribution in [1.82, 2.24) is 4.98 Å². The van der Waals surface area contributed by atoms with Gasteiger partial charge in [-0.3, -0.25) is 0 Å². The normalized spacial score (nSPS) is 19.0. The summed E-state index contributed by atoms with van der Waals surface area (Å²) < 4.78 is 5.35. The average molecular weight is 290 g/mol. The van der Waals surface area contributed by atoms with E-state index in [1.807, 2.05) is 6.07 Å². The van der Waals surface area contributed by atoms with E-state index >= 15 is 0 Å². The number of nitrogens with one attached hydrogen (secondary N) is 1. The van der Waals surface area contributed by atoms with Crippen LogP contribution >= 0.6 is 0 Å². The second-order valence-electron chi connectivity index (χ2n) is 5.94. The number of anilines is 1. The Balaban J connectivity index is 1.77. The fraction of sp³-hybridized carbons (Fsp3) is 0.625. The van der Waals surface area contributed by atoms with Gasteiger partial charge in [-0.2, -0.15) is 0 Å². The van der Waals surface area contributed by atoms with Crippen LogP contribution in [0.4, 0.5) is 5.82 Å². The highest BCUT2D eigenvalue weighted by Gasteiger charge is 2.20. The van der Waals surface area contributed by atoms with Gasteiger partial charge in [0.1, 0.15) is 11.4 Å². The van der Waals surface area contributed by atoms with Gasteiger partial charge in [0.2, 0.25) is 0 Å². The topological polar surface area (TPSA) is 71.5 Å². The Morgan fingerprint density at radius 2 is 2.10 bits per heavy atom. The predicted molar refractivity (Wildman–Crippen MR) is 79.9 cm³/mol. The number of carbonyl (C=O) groups is 1. The van der Waals surface area contributed by atoms with Crippen LogP contribution in [0, 0.1) is 5.92 Å². The molecule has 5 nitrogen and oxygen atoms in total. The van der Waals surface area contributed by atoms with E-state index in [-0.39, 0.29) is 0 Å². The lowest BCUT2D eigenvalue weighted by atomic mass is 9.94. The fourth-order valence-corrected chi connectivity index (χ4v) is 3.12. The Kier molecular flexibility index (Phi) is 4.39. The molecule has 1 aromatic rings. The van der Waals surface area contributed by atoms with Crippen LogP contribution in [-0.4, -0.2) is 35.8 Å². The molecule has 0 spiro atoms. The van der Waals surface area contributed by atoms with Crippen LogP contribution in [0.5, 0.6) is 0 Å². The van der Waals surface area contributed by atoms with Gasteiger partial charge in [-0.15, -0.1) is 0 Å². The molecule has 21 heavy (non-hydrogen) atoms. The number of nitrogens with zero attached hydrogens (tertiary/aromatic N) is 1. The molecule has 0 amide bonds. The van der Waals surface area contributed by atoms with Gasteiger partial charge >= 0.3 is 5.97 Å². The quantitative estimate of drug-likeness (QED) is 0.891. The fourth-order valence-electron chi connectivity index (χ4n) is 3.12. The lowest BCUT2D eigenvalue weighted by molar-refractivity contribution is 0.0688. The van der Waals surface area contributed by atoms with Crippen molar-refractivity contribution < 1.29 is 14.6 Å². The molecular formula is C16H22N2O3. The Bertz CT molecular complexity index is 524. The molecule has 0 radical (unpaired) electrons. The van der Waals surface area contributed by atoms with Crippen molar-refractivity contribution in [1.29, 1.82) is 0 Å². The molecule has 114 valence electrons. The number of aromatic carboxylic acids is 1. The van der Waals surface area contributed by atoms with Gasteiger partial charge in [0.15, 0.2) is 0 Å². The Hall–Kier alpha value is -1.62. The van der Waals surface area contributed by atoms with Gasteiger partial charge in [0.25, 0.3) is 0 Å². The summed E-state index contributed by atoms with van der Waals surface area (Å²) >= 11 is 0. The highest BCUT2D eigenvalue weighted by molar-refractivity contribution is 5.93. The van der Waals surface area contributed by atoms with E-state index in [1.165, 1.54) is 0 Å². The number of hydrogen-bond donors (Lipinski definition) is 2. The molecule has 0 unspecified atom stereocenters. The number of hydrogen-bond acceptors (Lipinski definition) is 4. The lowest BCUT2D eigenvalue weighted by Crippen LogP contribution is -2.24. The summed E-state index contributed by atoms with van der Waals surface area (Å²) in [6, 6.07) is 1.82. The average Bonchev–Trinajstić information content (AvgIpc) is 2.53. The van der Waals surface area contributed by atoms with Crippen LogP contribution in [-0.2, 0) is 17.6 Å². The molecule has 0 aromatic carbocycles. The maximum Gasteiger partial charge on any atom is 0.339 e. The molecule has 2 aliphatic rings. The number of pyridine rings is 1. The predicted octanol–water partition coefficient (Wildman–Crippen LogP) is 2.50. The number of carboxylic acid groups (broad SMARTS) is 1. The smallest absolute Gasteiger partial charge is 0.339 e. The van der Waals surface area contributed by atoms with Crippen LogP contribution < -0.4 is 5.32 Å². The first-order chi connectivity index (χ1) is 10.2. The van der Waals surface area contributed by atoms with Crippen molar-refractivity contribution in [2.75, 3.05) is 25.1 Å². The van der Waals surface area contributed by atoms with Crippen molar-refractivity contribution in [2.45, 2.75) is 38.5 Å². The third-order valence-electron chi connectivity index (χ3n) is 4.43. The molecule has 5 heteroatoms. The molecule has 3 rings (SSSR count). The molecule has 1 saturated heterocycles. The van der Waals surface area contributed by atoms with Gasteiger partial charge in [-0.05, 0) is 56.1 Å². The van der Waals surface area contributed by atoms with Gasteiger partial charge in [-0.25, -0.2) is 9.78 Å². The van der Waals surface area contributed by atoms with Crippen molar-refractivity contribution in [2.24, 2.45) is 5.92 Å². The van der Waals surface area contributed by atoms with E-state index in [1.54, 1.807) is 0 Å². The Morgan fingerprint density at radius 3 is 2.86 bits per heavy atom. The van der Waals surface area contributed by atoms with Crippen molar-refractivity contribution >= 4 is 11.8 Å². The zero-order chi connectivity index (χ0) is 14.7. The highest BCUT2D eigenvalue weighted by atomic mass is 16.5. The van der Waals surface area contributed by atoms with Gasteiger partial charge in [0.05, 0.1) is 0 Å². The SMILES string of the molecule is O=C(O)c1cc2c(nc1NCC1CCOCC1)CCCC2. The van der Waals surface area contributed by atoms with E-state index in [2.05, 4.69) is 10.3 Å². The monoisotopic (exact) mass is 290 g/mol. The first-order valence-corrected chi connectivity index (χ1v) is 7.82. The molecule has 0 atom stereocenters. The molecule has 2 N–H and O–H groups in total. The molecule has 1 aliphatic heterocycles. The van der Waals surface area contributed by atoms with Gasteiger partial charge in [-0.1, -0.05) is 0 Å². The summed E-state index contributed by atoms with van der Waals surface area (Å²) in [5.74, 6) is 0.179. The Morgan fingerprint density at radius 1 is 1.33 bits per heavy atom. The third kappa shape index (κ3) is 3.35. The maximum atomic E-state index is 11.5. The van der Waals surface area contributed by atoms with Crippen LogP contribution in [0.25, 0.3) is 0 Å². The number of carboxylic acids is 1. The van der Waals surface area contributed by atoms with Crippen LogP contribution in [0.2, 0.25) is 0 Å². The molecule has 1 aromatic heterocycles. The van der Waals surface area contributed by atoms with Crippen molar-refractivity contribution in [3.8, 4) is 0 Å². The number of rotatable bonds is 4. The molecular weight excluding hydrogens is 268 g/mol. The zero-order valence-corrected chi connectivity index (χ0v) is 12.2. The standard InChI is InChI=1S/C16H22N2O3/c19-16(20)13-9-12-3-1-2-4-14(12)18-15(13)17-10-11-5-7-21-8-6-11/h9,11H,1-8,10H2,(H,17,18)(H,19,20). The minimum absolute atomic E-state index is 0.308. The molecule has 1 aliphatic carbocycles. The lowest BCUT2D eigenvalue weighted by Gasteiger charge is -2.23. The molecule has 0 saturated carbocycles. The summed E-state index contributed by atoms with van der Waals surface area (Å²) in [5.41, 5.74) is 2.48. The van der Waals surface area contributed by atoms with E-state index in [9.17, 15) is 9.90 Å². The highest BCUT2D eigenvalue weighted by Crippen LogP contribution is 2.25. The first kappa shape index (κ1) is 14.3. The van der Waals surface area contributed by atoms with E-state index in [4.69, 9.17) is 4.74 Å². The van der Waals surface area contributed by atoms with E-state index in [0.29, 0.717) is 17.3 Å². The summed E-state index contributed by atoms with van der Waals surface area (Å²) in [6.45, 7) is 2.38. The second kappa shape index (κ2) is 6.43. The molecule has 0 bridgehead atoms. The summed E-state index contributed by atoms with van der Waals surface area (Å²) in [4.78, 5) is 16.1. The minimum Gasteiger partial charge on any atom is -0.478 e. The van der Waals surface area contributed by atoms with Crippen molar-refractivity contribution in [3.05, 3.63) is 22.9 Å². The van der Waals surface area contributed by atoms with Crippen LogP contribution in [0.1, 0.15) is 47.3 Å². The summed E-state index contributed by atoms with van der Waals surface area (Å²) in [6.07, 6.45) is 6.24.